The molecule has 3 aromatic rings. The van der Waals surface area contributed by atoms with Gasteiger partial charge in [0.15, 0.2) is 0 Å². The maximum Gasteiger partial charge on any atom is 0.133 e. The lowest BCUT2D eigenvalue weighted by atomic mass is 9.90. The third kappa shape index (κ3) is 3.89. The first kappa shape index (κ1) is 19.0. The second-order valence-corrected chi connectivity index (χ2v) is 8.84. The SMILES string of the molecule is Clc1cc(Cl)cc(-n2nc(C3CCN(Cc4ccccc4)CC3)c3c2NCC3)c1. The molecule has 4 nitrogen and oxygen atoms in total. The summed E-state index contributed by atoms with van der Waals surface area (Å²) in [5.74, 6) is 1.61. The van der Waals surface area contributed by atoms with Gasteiger partial charge in [0.05, 0.1) is 11.4 Å². The quantitative estimate of drug-likeness (QED) is 0.595. The van der Waals surface area contributed by atoms with Crippen molar-refractivity contribution in [2.75, 3.05) is 25.0 Å². The van der Waals surface area contributed by atoms with Gasteiger partial charge < -0.3 is 5.32 Å². The Balaban J connectivity index is 1.36. The smallest absolute Gasteiger partial charge is 0.133 e. The van der Waals surface area contributed by atoms with Gasteiger partial charge in [0.1, 0.15) is 5.82 Å². The number of aromatic nitrogens is 2. The molecule has 0 spiro atoms. The molecule has 1 aromatic heterocycles. The molecular weight excluding hydrogens is 403 g/mol. The van der Waals surface area contributed by atoms with Gasteiger partial charge in [-0.1, -0.05) is 53.5 Å². The average Bonchev–Trinajstić information content (AvgIpc) is 3.31. The van der Waals surface area contributed by atoms with Crippen molar-refractivity contribution in [2.24, 2.45) is 0 Å². The van der Waals surface area contributed by atoms with Crippen molar-refractivity contribution in [3.8, 4) is 5.69 Å². The van der Waals surface area contributed by atoms with E-state index in [0.717, 1.165) is 56.9 Å². The monoisotopic (exact) mass is 426 g/mol. The number of halogens is 2. The Labute approximate surface area is 181 Å². The molecule has 6 heteroatoms. The first-order valence-corrected chi connectivity index (χ1v) is 11.0. The second-order valence-electron chi connectivity index (χ2n) is 7.96. The number of fused-ring (bicyclic) bond motifs is 1. The van der Waals surface area contributed by atoms with E-state index in [0.29, 0.717) is 16.0 Å². The standard InChI is InChI=1S/C23H24Cl2N4/c24-18-12-19(25)14-20(13-18)29-23-21(6-9-26-23)22(27-29)17-7-10-28(11-8-17)15-16-4-2-1-3-5-16/h1-5,12-14,17,26H,6-11,15H2. The number of nitrogens with one attached hydrogen (secondary N) is 1. The minimum atomic E-state index is 0.506. The van der Waals surface area contributed by atoms with Gasteiger partial charge in [-0.05, 0) is 56.1 Å². The van der Waals surface area contributed by atoms with Gasteiger partial charge in [-0.3, -0.25) is 4.90 Å². The Morgan fingerprint density at radius 1 is 1.00 bits per heavy atom. The average molecular weight is 427 g/mol. The molecule has 2 aromatic carbocycles. The summed E-state index contributed by atoms with van der Waals surface area (Å²) in [6.45, 7) is 4.21. The maximum absolute atomic E-state index is 6.24. The zero-order valence-corrected chi connectivity index (χ0v) is 17.8. The molecule has 0 aliphatic carbocycles. The van der Waals surface area contributed by atoms with Crippen LogP contribution in [0.3, 0.4) is 0 Å². The lowest BCUT2D eigenvalue weighted by Gasteiger charge is -2.31. The second kappa shape index (κ2) is 8.02. The highest BCUT2D eigenvalue weighted by atomic mass is 35.5. The van der Waals surface area contributed by atoms with Crippen LogP contribution in [0.5, 0.6) is 0 Å². The van der Waals surface area contributed by atoms with Crippen LogP contribution in [0.15, 0.2) is 48.5 Å². The van der Waals surface area contributed by atoms with Crippen LogP contribution in [0, 0.1) is 0 Å². The molecule has 0 saturated carbocycles. The maximum atomic E-state index is 6.24. The molecule has 0 radical (unpaired) electrons. The zero-order valence-electron chi connectivity index (χ0n) is 16.2. The summed E-state index contributed by atoms with van der Waals surface area (Å²) in [6.07, 6.45) is 3.32. The minimum Gasteiger partial charge on any atom is -0.369 e. The van der Waals surface area contributed by atoms with Gasteiger partial charge in [0, 0.05) is 34.6 Å². The van der Waals surface area contributed by atoms with Gasteiger partial charge in [-0.2, -0.15) is 5.10 Å². The zero-order chi connectivity index (χ0) is 19.8. The van der Waals surface area contributed by atoms with Crippen LogP contribution in [-0.2, 0) is 13.0 Å². The van der Waals surface area contributed by atoms with Crippen molar-refractivity contribution in [3.05, 3.63) is 75.4 Å². The Morgan fingerprint density at radius 2 is 1.72 bits per heavy atom. The van der Waals surface area contributed by atoms with Crippen molar-refractivity contribution in [1.82, 2.24) is 14.7 Å². The van der Waals surface area contributed by atoms with Gasteiger partial charge in [-0.15, -0.1) is 0 Å². The first-order valence-electron chi connectivity index (χ1n) is 10.3. The number of likely N-dealkylation sites (tertiary alicyclic amines) is 1. The summed E-state index contributed by atoms with van der Waals surface area (Å²) in [6, 6.07) is 16.3. The first-order chi connectivity index (χ1) is 14.2. The van der Waals surface area contributed by atoms with Crippen LogP contribution in [0.1, 0.15) is 35.6 Å². The van der Waals surface area contributed by atoms with E-state index in [4.69, 9.17) is 28.3 Å². The molecule has 29 heavy (non-hydrogen) atoms. The fourth-order valence-corrected chi connectivity index (χ4v) is 5.10. The van der Waals surface area contributed by atoms with Crippen molar-refractivity contribution in [1.29, 1.82) is 0 Å². The molecular formula is C23H24Cl2N4. The van der Waals surface area contributed by atoms with E-state index in [2.05, 4.69) is 40.5 Å². The Kier molecular flexibility index (Phi) is 5.25. The van der Waals surface area contributed by atoms with Crippen LogP contribution in [0.4, 0.5) is 5.82 Å². The summed E-state index contributed by atoms with van der Waals surface area (Å²) in [5.41, 5.74) is 4.92. The van der Waals surface area contributed by atoms with Crippen LogP contribution < -0.4 is 5.32 Å². The topological polar surface area (TPSA) is 33.1 Å². The van der Waals surface area contributed by atoms with Gasteiger partial charge >= 0.3 is 0 Å². The lowest BCUT2D eigenvalue weighted by Crippen LogP contribution is -2.32. The molecule has 1 fully saturated rings. The Hall–Kier alpha value is -2.01. The summed E-state index contributed by atoms with van der Waals surface area (Å²) in [7, 11) is 0. The lowest BCUT2D eigenvalue weighted by molar-refractivity contribution is 0.203. The summed E-state index contributed by atoms with van der Waals surface area (Å²) < 4.78 is 1.99. The van der Waals surface area contributed by atoms with E-state index in [1.165, 1.54) is 16.8 Å². The summed E-state index contributed by atoms with van der Waals surface area (Å²) in [4.78, 5) is 2.55. The number of piperidine rings is 1. The van der Waals surface area contributed by atoms with Crippen molar-refractivity contribution >= 4 is 29.0 Å². The van der Waals surface area contributed by atoms with E-state index in [1.54, 1.807) is 6.07 Å². The normalized spacial score (nSPS) is 17.3. The number of hydrogen-bond acceptors (Lipinski definition) is 3. The predicted octanol–water partition coefficient (Wildman–Crippen LogP) is 5.53. The molecule has 1 saturated heterocycles. The number of nitrogens with zero attached hydrogens (tertiary/aromatic N) is 3. The van der Waals surface area contributed by atoms with Crippen molar-refractivity contribution in [2.45, 2.75) is 31.7 Å². The molecule has 3 heterocycles. The van der Waals surface area contributed by atoms with E-state index in [-0.39, 0.29) is 0 Å². The fourth-order valence-electron chi connectivity index (χ4n) is 4.58. The molecule has 0 amide bonds. The van der Waals surface area contributed by atoms with E-state index in [9.17, 15) is 0 Å². The number of anilines is 1. The van der Waals surface area contributed by atoms with Crippen molar-refractivity contribution < 1.29 is 0 Å². The molecule has 0 atom stereocenters. The highest BCUT2D eigenvalue weighted by Gasteiger charge is 2.30. The predicted molar refractivity (Wildman–Crippen MR) is 119 cm³/mol. The van der Waals surface area contributed by atoms with E-state index >= 15 is 0 Å². The largest absolute Gasteiger partial charge is 0.369 e. The molecule has 5 rings (SSSR count). The van der Waals surface area contributed by atoms with Gasteiger partial charge in [-0.25, -0.2) is 4.68 Å². The Morgan fingerprint density at radius 3 is 2.45 bits per heavy atom. The van der Waals surface area contributed by atoms with E-state index in [1.807, 2.05) is 16.8 Å². The van der Waals surface area contributed by atoms with E-state index < -0.39 is 0 Å². The van der Waals surface area contributed by atoms with Gasteiger partial charge in [0.25, 0.3) is 0 Å². The molecule has 0 unspecified atom stereocenters. The summed E-state index contributed by atoms with van der Waals surface area (Å²) in [5, 5.41) is 9.81. The van der Waals surface area contributed by atoms with Crippen molar-refractivity contribution in [3.63, 3.8) is 0 Å². The third-order valence-corrected chi connectivity index (χ3v) is 6.43. The highest BCUT2D eigenvalue weighted by Crippen LogP contribution is 2.37. The van der Waals surface area contributed by atoms with Crippen LogP contribution >= 0.6 is 23.2 Å². The molecule has 150 valence electrons. The van der Waals surface area contributed by atoms with Crippen LogP contribution in [0.2, 0.25) is 10.0 Å². The minimum absolute atomic E-state index is 0.506. The Bertz CT molecular complexity index is 987. The van der Waals surface area contributed by atoms with Crippen LogP contribution in [0.25, 0.3) is 5.69 Å². The molecule has 1 N–H and O–H groups in total. The van der Waals surface area contributed by atoms with Crippen LogP contribution in [-0.4, -0.2) is 34.3 Å². The molecule has 2 aliphatic rings. The highest BCUT2D eigenvalue weighted by molar-refractivity contribution is 6.34. The molecule has 0 bridgehead atoms. The fraction of sp³-hybridized carbons (Fsp3) is 0.348. The number of rotatable bonds is 4. The number of benzene rings is 2. The summed E-state index contributed by atoms with van der Waals surface area (Å²) >= 11 is 12.5. The third-order valence-electron chi connectivity index (χ3n) is 6.00. The van der Waals surface area contributed by atoms with Gasteiger partial charge in [0.2, 0.25) is 0 Å². The molecule has 2 aliphatic heterocycles. The number of hydrogen-bond donors (Lipinski definition) is 1.